The van der Waals surface area contributed by atoms with Crippen LogP contribution in [0, 0.1) is 0 Å². The second kappa shape index (κ2) is 5.04. The molecule has 2 aromatic carbocycles. The maximum absolute atomic E-state index is 9.19. The standard InChI is InChI=1S/C14H13ClO/c15-14(10-11-4-2-1-3-5-11)12-6-8-13(16)9-7-12/h1-9,14,16H,10H2. The molecule has 0 aliphatic rings. The van der Waals surface area contributed by atoms with Gasteiger partial charge in [0.15, 0.2) is 0 Å². The van der Waals surface area contributed by atoms with E-state index in [9.17, 15) is 5.11 Å². The van der Waals surface area contributed by atoms with E-state index in [0.717, 1.165) is 12.0 Å². The van der Waals surface area contributed by atoms with Gasteiger partial charge in [-0.1, -0.05) is 42.5 Å². The minimum absolute atomic E-state index is 0.0528. The zero-order valence-corrected chi connectivity index (χ0v) is 9.56. The molecule has 0 bridgehead atoms. The van der Waals surface area contributed by atoms with Crippen molar-refractivity contribution >= 4 is 11.6 Å². The Morgan fingerprint density at radius 3 is 2.19 bits per heavy atom. The molecule has 0 aliphatic heterocycles. The Hall–Kier alpha value is -1.47. The molecule has 2 aromatic rings. The molecule has 0 amide bonds. The minimum Gasteiger partial charge on any atom is -0.508 e. The topological polar surface area (TPSA) is 20.2 Å². The Morgan fingerprint density at radius 1 is 0.938 bits per heavy atom. The summed E-state index contributed by atoms with van der Waals surface area (Å²) >= 11 is 6.31. The molecule has 0 saturated carbocycles. The van der Waals surface area contributed by atoms with E-state index in [4.69, 9.17) is 11.6 Å². The molecule has 0 radical (unpaired) electrons. The molecule has 82 valence electrons. The number of aromatic hydroxyl groups is 1. The summed E-state index contributed by atoms with van der Waals surface area (Å²) in [6, 6.07) is 17.2. The lowest BCUT2D eigenvalue weighted by Gasteiger charge is -2.09. The van der Waals surface area contributed by atoms with Gasteiger partial charge in [0, 0.05) is 0 Å². The first-order valence-electron chi connectivity index (χ1n) is 5.22. The highest BCUT2D eigenvalue weighted by molar-refractivity contribution is 6.20. The van der Waals surface area contributed by atoms with Crippen molar-refractivity contribution < 1.29 is 5.11 Å². The number of halogens is 1. The number of rotatable bonds is 3. The van der Waals surface area contributed by atoms with Gasteiger partial charge in [-0.05, 0) is 29.7 Å². The molecule has 0 spiro atoms. The molecule has 0 heterocycles. The van der Waals surface area contributed by atoms with E-state index in [-0.39, 0.29) is 11.1 Å². The molecule has 1 atom stereocenters. The van der Waals surface area contributed by atoms with E-state index in [1.54, 1.807) is 12.1 Å². The zero-order valence-electron chi connectivity index (χ0n) is 8.81. The number of phenolic OH excluding ortho intramolecular Hbond substituents is 1. The van der Waals surface area contributed by atoms with Crippen molar-refractivity contribution in [2.75, 3.05) is 0 Å². The van der Waals surface area contributed by atoms with Crippen LogP contribution in [0.15, 0.2) is 54.6 Å². The fraction of sp³-hybridized carbons (Fsp3) is 0.143. The summed E-state index contributed by atoms with van der Waals surface area (Å²) in [5.41, 5.74) is 2.25. The van der Waals surface area contributed by atoms with Gasteiger partial charge in [-0.25, -0.2) is 0 Å². The van der Waals surface area contributed by atoms with Crippen molar-refractivity contribution in [1.82, 2.24) is 0 Å². The van der Waals surface area contributed by atoms with Gasteiger partial charge in [-0.15, -0.1) is 11.6 Å². The van der Waals surface area contributed by atoms with Gasteiger partial charge in [0.1, 0.15) is 5.75 Å². The fourth-order valence-corrected chi connectivity index (χ4v) is 1.95. The third-order valence-electron chi connectivity index (χ3n) is 2.51. The molecular weight excluding hydrogens is 220 g/mol. The number of benzene rings is 2. The Morgan fingerprint density at radius 2 is 1.56 bits per heavy atom. The van der Waals surface area contributed by atoms with Gasteiger partial charge in [0.2, 0.25) is 0 Å². The van der Waals surface area contributed by atoms with Crippen LogP contribution < -0.4 is 0 Å². The average Bonchev–Trinajstić information content (AvgIpc) is 2.31. The van der Waals surface area contributed by atoms with Crippen molar-refractivity contribution in [3.05, 3.63) is 65.7 Å². The van der Waals surface area contributed by atoms with Gasteiger partial charge in [0.05, 0.1) is 5.38 Å². The van der Waals surface area contributed by atoms with E-state index < -0.39 is 0 Å². The molecule has 0 fully saturated rings. The van der Waals surface area contributed by atoms with Crippen molar-refractivity contribution in [3.8, 4) is 5.75 Å². The minimum atomic E-state index is -0.0528. The normalized spacial score (nSPS) is 12.3. The Labute approximate surface area is 100 Å². The molecular formula is C14H13ClO. The Balaban J connectivity index is 2.09. The van der Waals surface area contributed by atoms with Crippen LogP contribution in [-0.2, 0) is 6.42 Å². The van der Waals surface area contributed by atoms with E-state index in [1.165, 1.54) is 5.56 Å². The lowest BCUT2D eigenvalue weighted by atomic mass is 10.0. The van der Waals surface area contributed by atoms with E-state index in [2.05, 4.69) is 12.1 Å². The first-order chi connectivity index (χ1) is 7.75. The zero-order chi connectivity index (χ0) is 11.4. The number of hydrogen-bond donors (Lipinski definition) is 1. The van der Waals surface area contributed by atoms with Gasteiger partial charge in [-0.2, -0.15) is 0 Å². The van der Waals surface area contributed by atoms with Crippen LogP contribution in [0.2, 0.25) is 0 Å². The van der Waals surface area contributed by atoms with Crippen molar-refractivity contribution in [3.63, 3.8) is 0 Å². The molecule has 1 unspecified atom stereocenters. The largest absolute Gasteiger partial charge is 0.508 e. The fourth-order valence-electron chi connectivity index (χ4n) is 1.62. The lowest BCUT2D eigenvalue weighted by Crippen LogP contribution is -1.95. The van der Waals surface area contributed by atoms with Crippen LogP contribution in [-0.4, -0.2) is 5.11 Å². The predicted molar refractivity (Wildman–Crippen MR) is 66.8 cm³/mol. The average molecular weight is 233 g/mol. The maximum Gasteiger partial charge on any atom is 0.115 e. The van der Waals surface area contributed by atoms with Crippen LogP contribution in [0.3, 0.4) is 0 Å². The molecule has 0 saturated heterocycles. The molecule has 1 N–H and O–H groups in total. The molecule has 0 aromatic heterocycles. The molecule has 2 rings (SSSR count). The summed E-state index contributed by atoms with van der Waals surface area (Å²) in [5, 5.41) is 9.13. The number of phenols is 1. The third kappa shape index (κ3) is 2.77. The summed E-state index contributed by atoms with van der Waals surface area (Å²) in [4.78, 5) is 0. The van der Waals surface area contributed by atoms with Crippen LogP contribution in [0.4, 0.5) is 0 Å². The first kappa shape index (κ1) is 11.0. The van der Waals surface area contributed by atoms with E-state index in [0.29, 0.717) is 0 Å². The lowest BCUT2D eigenvalue weighted by molar-refractivity contribution is 0.475. The van der Waals surface area contributed by atoms with Crippen molar-refractivity contribution in [2.24, 2.45) is 0 Å². The van der Waals surface area contributed by atoms with Crippen molar-refractivity contribution in [1.29, 1.82) is 0 Å². The third-order valence-corrected chi connectivity index (χ3v) is 2.92. The van der Waals surface area contributed by atoms with Gasteiger partial charge < -0.3 is 5.11 Å². The molecule has 2 heteroatoms. The van der Waals surface area contributed by atoms with Crippen LogP contribution in [0.1, 0.15) is 16.5 Å². The highest BCUT2D eigenvalue weighted by Crippen LogP contribution is 2.26. The van der Waals surface area contributed by atoms with Crippen LogP contribution >= 0.6 is 11.6 Å². The highest BCUT2D eigenvalue weighted by atomic mass is 35.5. The van der Waals surface area contributed by atoms with Gasteiger partial charge in [0.25, 0.3) is 0 Å². The summed E-state index contributed by atoms with van der Waals surface area (Å²) in [6.45, 7) is 0. The van der Waals surface area contributed by atoms with Crippen LogP contribution in [0.25, 0.3) is 0 Å². The van der Waals surface area contributed by atoms with Crippen molar-refractivity contribution in [2.45, 2.75) is 11.8 Å². The van der Waals surface area contributed by atoms with E-state index in [1.807, 2.05) is 30.3 Å². The smallest absolute Gasteiger partial charge is 0.115 e. The quantitative estimate of drug-likeness (QED) is 0.796. The number of alkyl halides is 1. The molecule has 1 nitrogen and oxygen atoms in total. The summed E-state index contributed by atoms with van der Waals surface area (Å²) in [7, 11) is 0. The summed E-state index contributed by atoms with van der Waals surface area (Å²) in [5.74, 6) is 0.271. The first-order valence-corrected chi connectivity index (χ1v) is 5.66. The van der Waals surface area contributed by atoms with Gasteiger partial charge in [-0.3, -0.25) is 0 Å². The number of hydrogen-bond acceptors (Lipinski definition) is 1. The van der Waals surface area contributed by atoms with E-state index >= 15 is 0 Å². The summed E-state index contributed by atoms with van der Waals surface area (Å²) < 4.78 is 0. The Kier molecular flexibility index (Phi) is 3.47. The Bertz CT molecular complexity index is 436. The van der Waals surface area contributed by atoms with Crippen LogP contribution in [0.5, 0.6) is 5.75 Å². The SMILES string of the molecule is Oc1ccc(C(Cl)Cc2ccccc2)cc1. The second-order valence-corrected chi connectivity index (χ2v) is 4.28. The monoisotopic (exact) mass is 232 g/mol. The maximum atomic E-state index is 9.19. The highest BCUT2D eigenvalue weighted by Gasteiger charge is 2.08. The summed E-state index contributed by atoms with van der Waals surface area (Å²) in [6.07, 6.45) is 0.799. The second-order valence-electron chi connectivity index (χ2n) is 3.75. The van der Waals surface area contributed by atoms with Gasteiger partial charge >= 0.3 is 0 Å². The molecule has 16 heavy (non-hydrogen) atoms. The predicted octanol–water partition coefficient (Wildman–Crippen LogP) is 3.91. The molecule has 0 aliphatic carbocycles.